The summed E-state index contributed by atoms with van der Waals surface area (Å²) < 4.78 is 18.9. The predicted molar refractivity (Wildman–Crippen MR) is 109 cm³/mol. The number of hydrogen-bond acceptors (Lipinski definition) is 2. The molecule has 1 fully saturated rings. The molecule has 2 rings (SSSR count). The van der Waals surface area contributed by atoms with Crippen LogP contribution in [0.3, 0.4) is 0 Å². The van der Waals surface area contributed by atoms with Gasteiger partial charge in [0.2, 0.25) is 0 Å². The molecule has 0 atom stereocenters. The number of H-pyrrole nitrogens is 1. The van der Waals surface area contributed by atoms with Crippen molar-refractivity contribution in [1.82, 2.24) is 4.98 Å². The lowest BCUT2D eigenvalue weighted by molar-refractivity contribution is 0.0514. The van der Waals surface area contributed by atoms with E-state index in [4.69, 9.17) is 4.74 Å². The summed E-state index contributed by atoms with van der Waals surface area (Å²) in [5.41, 5.74) is 0.842. The molecular formula is C23H38FNO2. The zero-order valence-electron chi connectivity index (χ0n) is 17.3. The maximum atomic E-state index is 14.0. The van der Waals surface area contributed by atoms with Crippen LogP contribution in [-0.4, -0.2) is 17.6 Å². The molecule has 1 aliphatic carbocycles. The molecule has 3 nitrogen and oxygen atoms in total. The fraction of sp³-hybridized carbons (Fsp3) is 0.783. The van der Waals surface area contributed by atoms with E-state index in [-0.39, 0.29) is 12.3 Å². The van der Waals surface area contributed by atoms with Gasteiger partial charge in [-0.15, -0.1) is 0 Å². The molecule has 4 heteroatoms. The second kappa shape index (κ2) is 12.2. The fourth-order valence-electron chi connectivity index (χ4n) is 4.35. The molecule has 154 valence electrons. The predicted octanol–water partition coefficient (Wildman–Crippen LogP) is 7.14. The quantitative estimate of drug-likeness (QED) is 0.310. The summed E-state index contributed by atoms with van der Waals surface area (Å²) in [5.74, 6) is 0.0947. The van der Waals surface area contributed by atoms with Gasteiger partial charge >= 0.3 is 5.97 Å². The summed E-state index contributed by atoms with van der Waals surface area (Å²) in [6, 6.07) is 1.50. The summed E-state index contributed by atoms with van der Waals surface area (Å²) >= 11 is 0. The minimum Gasteiger partial charge on any atom is -0.461 e. The van der Waals surface area contributed by atoms with E-state index in [1.54, 1.807) is 6.92 Å². The molecule has 0 aromatic carbocycles. The number of unbranched alkanes of at least 4 members (excludes halogenated alkanes) is 7. The molecule has 27 heavy (non-hydrogen) atoms. The highest BCUT2D eigenvalue weighted by molar-refractivity contribution is 5.87. The summed E-state index contributed by atoms with van der Waals surface area (Å²) in [6.45, 7) is 4.25. The summed E-state index contributed by atoms with van der Waals surface area (Å²) in [4.78, 5) is 14.7. The number of nitrogens with one attached hydrogen (secondary N) is 1. The highest BCUT2D eigenvalue weighted by Crippen LogP contribution is 2.38. The van der Waals surface area contributed by atoms with Crippen molar-refractivity contribution < 1.29 is 13.9 Å². The first kappa shape index (κ1) is 22.0. The molecule has 1 heterocycles. The molecular weight excluding hydrogens is 341 g/mol. The maximum Gasteiger partial charge on any atom is 0.357 e. The molecule has 1 aromatic rings. The Morgan fingerprint density at radius 2 is 1.67 bits per heavy atom. The van der Waals surface area contributed by atoms with E-state index in [0.29, 0.717) is 5.92 Å². The summed E-state index contributed by atoms with van der Waals surface area (Å²) in [6.07, 6.45) is 17.0. The topological polar surface area (TPSA) is 42.1 Å². The highest BCUT2D eigenvalue weighted by Gasteiger charge is 2.26. The minimum atomic E-state index is -0.593. The van der Waals surface area contributed by atoms with Gasteiger partial charge < -0.3 is 9.72 Å². The van der Waals surface area contributed by atoms with Crippen molar-refractivity contribution in [2.45, 2.75) is 103 Å². The van der Waals surface area contributed by atoms with E-state index >= 15 is 0 Å². The van der Waals surface area contributed by atoms with E-state index in [2.05, 4.69) is 11.9 Å². The van der Waals surface area contributed by atoms with E-state index in [1.165, 1.54) is 76.7 Å². The molecule has 0 amide bonds. The Kier molecular flexibility index (Phi) is 9.93. The monoisotopic (exact) mass is 379 g/mol. The molecule has 0 bridgehead atoms. The van der Waals surface area contributed by atoms with E-state index in [9.17, 15) is 9.18 Å². The van der Waals surface area contributed by atoms with Gasteiger partial charge in [0.1, 0.15) is 0 Å². The van der Waals surface area contributed by atoms with Crippen molar-refractivity contribution in [3.63, 3.8) is 0 Å². The van der Waals surface area contributed by atoms with Gasteiger partial charge in [-0.3, -0.25) is 0 Å². The number of ether oxygens (including phenoxy) is 1. The van der Waals surface area contributed by atoms with Crippen molar-refractivity contribution in [1.29, 1.82) is 0 Å². The zero-order valence-corrected chi connectivity index (χ0v) is 17.3. The molecule has 1 aromatic heterocycles. The molecule has 0 radical (unpaired) electrons. The van der Waals surface area contributed by atoms with Crippen LogP contribution in [0.4, 0.5) is 4.39 Å². The van der Waals surface area contributed by atoms with Gasteiger partial charge in [-0.25, -0.2) is 9.18 Å². The van der Waals surface area contributed by atoms with Gasteiger partial charge in [-0.1, -0.05) is 64.7 Å². The maximum absolute atomic E-state index is 14.0. The number of esters is 1. The van der Waals surface area contributed by atoms with Crippen LogP contribution in [0.2, 0.25) is 0 Å². The molecule has 0 unspecified atom stereocenters. The Hall–Kier alpha value is -1.32. The van der Waals surface area contributed by atoms with Gasteiger partial charge in [0.15, 0.2) is 11.5 Å². The average Bonchev–Trinajstić information content (AvgIpc) is 3.06. The number of aromatic amines is 1. The summed E-state index contributed by atoms with van der Waals surface area (Å²) in [7, 11) is 0. The highest BCUT2D eigenvalue weighted by atomic mass is 19.1. The van der Waals surface area contributed by atoms with Crippen LogP contribution in [0.1, 0.15) is 119 Å². The lowest BCUT2D eigenvalue weighted by atomic mass is 9.78. The molecule has 1 N–H and O–H groups in total. The lowest BCUT2D eigenvalue weighted by Crippen LogP contribution is -2.14. The number of hydrogen-bond donors (Lipinski definition) is 1. The lowest BCUT2D eigenvalue weighted by Gasteiger charge is -2.28. The van der Waals surface area contributed by atoms with E-state index in [0.717, 1.165) is 24.5 Å². The first-order valence-electron chi connectivity index (χ1n) is 11.2. The first-order valence-corrected chi connectivity index (χ1v) is 11.2. The van der Waals surface area contributed by atoms with Crippen LogP contribution in [-0.2, 0) is 4.74 Å². The summed E-state index contributed by atoms with van der Waals surface area (Å²) in [5, 5.41) is 0. The second-order valence-corrected chi connectivity index (χ2v) is 8.15. The smallest absolute Gasteiger partial charge is 0.357 e. The Bertz CT molecular complexity index is 547. The molecule has 1 aliphatic rings. The molecule has 0 spiro atoms. The minimum absolute atomic E-state index is 0.0205. The zero-order chi connectivity index (χ0) is 19.5. The Balaban J connectivity index is 1.64. The van der Waals surface area contributed by atoms with E-state index < -0.39 is 11.8 Å². The second-order valence-electron chi connectivity index (χ2n) is 8.15. The van der Waals surface area contributed by atoms with Crippen LogP contribution >= 0.6 is 0 Å². The van der Waals surface area contributed by atoms with Crippen LogP contribution in [0.15, 0.2) is 6.07 Å². The molecule has 0 aliphatic heterocycles. The van der Waals surface area contributed by atoms with Crippen molar-refractivity contribution in [3.05, 3.63) is 23.3 Å². The largest absolute Gasteiger partial charge is 0.461 e. The van der Waals surface area contributed by atoms with Crippen LogP contribution in [0, 0.1) is 11.7 Å². The normalized spacial score (nSPS) is 20.0. The number of carbonyl (C=O) groups excluding carboxylic acids is 1. The van der Waals surface area contributed by atoms with Crippen molar-refractivity contribution in [2.24, 2.45) is 5.92 Å². The van der Waals surface area contributed by atoms with Gasteiger partial charge in [-0.2, -0.15) is 0 Å². The molecule has 0 saturated heterocycles. The number of carbonyl (C=O) groups is 1. The third-order valence-electron chi connectivity index (χ3n) is 6.02. The fourth-order valence-corrected chi connectivity index (χ4v) is 4.35. The Labute approximate surface area is 164 Å². The van der Waals surface area contributed by atoms with Gasteiger partial charge in [-0.05, 0) is 50.5 Å². The molecule has 1 saturated carbocycles. The average molecular weight is 380 g/mol. The van der Waals surface area contributed by atoms with Crippen LogP contribution < -0.4 is 0 Å². The van der Waals surface area contributed by atoms with Gasteiger partial charge in [0.05, 0.1) is 6.61 Å². The SMILES string of the molecule is CCCCCCCCCCC1CCC(c2cc(F)c(C(=O)OCC)[nH]2)CC1. The number of rotatable bonds is 12. The first-order chi connectivity index (χ1) is 13.2. The van der Waals surface area contributed by atoms with Crippen molar-refractivity contribution in [2.75, 3.05) is 6.61 Å². The number of aromatic nitrogens is 1. The van der Waals surface area contributed by atoms with Crippen LogP contribution in [0.5, 0.6) is 0 Å². The standard InChI is InChI=1S/C23H38FNO2/c1-3-5-6-7-8-9-10-11-12-18-13-15-19(16-14-18)21-17-20(24)22(25-21)23(26)27-4-2/h17-19,25H,3-16H2,1-2H3. The Morgan fingerprint density at radius 1 is 1.04 bits per heavy atom. The Morgan fingerprint density at radius 3 is 2.30 bits per heavy atom. The van der Waals surface area contributed by atoms with Crippen LogP contribution in [0.25, 0.3) is 0 Å². The van der Waals surface area contributed by atoms with E-state index in [1.807, 2.05) is 0 Å². The van der Waals surface area contributed by atoms with Crippen molar-refractivity contribution in [3.8, 4) is 0 Å². The number of halogens is 1. The van der Waals surface area contributed by atoms with Gasteiger partial charge in [0.25, 0.3) is 0 Å². The third kappa shape index (κ3) is 7.31. The van der Waals surface area contributed by atoms with Gasteiger partial charge in [0, 0.05) is 5.69 Å². The third-order valence-corrected chi connectivity index (χ3v) is 6.02. The van der Waals surface area contributed by atoms with Crippen molar-refractivity contribution >= 4 is 5.97 Å².